The van der Waals surface area contributed by atoms with E-state index in [9.17, 15) is 19.5 Å². The van der Waals surface area contributed by atoms with Crippen molar-refractivity contribution in [3.05, 3.63) is 79.9 Å². The Bertz CT molecular complexity index is 1570. The number of hydrogen-bond donors (Lipinski definition) is 1. The SMILES string of the molecule is C=CCN(Cn1nnc2ccccc21)C(=O)C1N([C@@H](CC)CO)C(=O)[C@@H]2[C@@H](C(=O)N(CC=C)c3ccccc3)[C@H]3CCC12S3. The number of aliphatic hydroxyl groups excluding tert-OH is 1. The third-order valence-electron chi connectivity index (χ3n) is 9.36. The molecule has 2 unspecified atom stereocenters. The zero-order valence-electron chi connectivity index (χ0n) is 24.9. The highest BCUT2D eigenvalue weighted by molar-refractivity contribution is 8.02. The van der Waals surface area contributed by atoms with Crippen molar-refractivity contribution in [1.29, 1.82) is 0 Å². The monoisotopic (exact) mass is 614 g/mol. The van der Waals surface area contributed by atoms with E-state index in [2.05, 4.69) is 23.5 Å². The Balaban J connectivity index is 1.39. The second kappa shape index (κ2) is 12.2. The lowest BCUT2D eigenvalue weighted by Crippen LogP contribution is -2.57. The zero-order chi connectivity index (χ0) is 31.0. The summed E-state index contributed by atoms with van der Waals surface area (Å²) in [5.41, 5.74) is 2.25. The molecule has 3 fully saturated rings. The van der Waals surface area contributed by atoms with Crippen molar-refractivity contribution in [3.8, 4) is 0 Å². The van der Waals surface area contributed by atoms with Gasteiger partial charge in [0.05, 0.1) is 34.7 Å². The molecule has 2 aromatic carbocycles. The number of likely N-dealkylation sites (tertiary alicyclic amines) is 1. The van der Waals surface area contributed by atoms with Gasteiger partial charge in [-0.15, -0.1) is 30.0 Å². The lowest BCUT2D eigenvalue weighted by molar-refractivity contribution is -0.146. The second-order valence-electron chi connectivity index (χ2n) is 11.7. The minimum Gasteiger partial charge on any atom is -0.394 e. The van der Waals surface area contributed by atoms with Crippen molar-refractivity contribution in [2.75, 3.05) is 24.6 Å². The van der Waals surface area contributed by atoms with Gasteiger partial charge in [0.2, 0.25) is 17.7 Å². The predicted molar refractivity (Wildman–Crippen MR) is 171 cm³/mol. The molecule has 3 amide bonds. The van der Waals surface area contributed by atoms with Crippen molar-refractivity contribution >= 4 is 46.2 Å². The Morgan fingerprint density at radius 2 is 1.84 bits per heavy atom. The van der Waals surface area contributed by atoms with Crippen molar-refractivity contribution in [2.24, 2.45) is 11.8 Å². The van der Waals surface area contributed by atoms with Gasteiger partial charge in [0.25, 0.3) is 0 Å². The van der Waals surface area contributed by atoms with Gasteiger partial charge in [-0.3, -0.25) is 14.4 Å². The molecular formula is C33H38N6O4S. The molecule has 3 aromatic rings. The molecule has 44 heavy (non-hydrogen) atoms. The third-order valence-corrected chi connectivity index (χ3v) is 11.3. The number of amides is 3. The van der Waals surface area contributed by atoms with Gasteiger partial charge in [-0.2, -0.15) is 0 Å². The van der Waals surface area contributed by atoms with Crippen LogP contribution in [-0.2, 0) is 21.1 Å². The maximum Gasteiger partial charge on any atom is 0.248 e. The summed E-state index contributed by atoms with van der Waals surface area (Å²) in [5.74, 6) is -1.86. The highest BCUT2D eigenvalue weighted by Crippen LogP contribution is 2.67. The molecule has 1 aromatic heterocycles. The Hall–Kier alpha value is -3.96. The van der Waals surface area contributed by atoms with E-state index in [1.54, 1.807) is 43.3 Å². The largest absolute Gasteiger partial charge is 0.394 e. The molecule has 11 heteroatoms. The van der Waals surface area contributed by atoms with Crippen LogP contribution in [0, 0.1) is 11.8 Å². The van der Waals surface area contributed by atoms with E-state index < -0.39 is 28.7 Å². The lowest BCUT2D eigenvalue weighted by atomic mass is 9.70. The number of aliphatic hydroxyl groups is 1. The van der Waals surface area contributed by atoms with Crippen LogP contribution in [0.3, 0.4) is 0 Å². The molecule has 230 valence electrons. The van der Waals surface area contributed by atoms with Gasteiger partial charge >= 0.3 is 0 Å². The molecule has 6 rings (SSSR count). The van der Waals surface area contributed by atoms with E-state index in [4.69, 9.17) is 0 Å². The summed E-state index contributed by atoms with van der Waals surface area (Å²) >= 11 is 1.62. The number of nitrogens with zero attached hydrogens (tertiary/aromatic N) is 6. The van der Waals surface area contributed by atoms with E-state index in [1.807, 2.05) is 61.5 Å². The molecule has 0 radical (unpaired) electrons. The summed E-state index contributed by atoms with van der Waals surface area (Å²) in [7, 11) is 0. The van der Waals surface area contributed by atoms with Crippen LogP contribution < -0.4 is 4.90 Å². The molecule has 3 saturated heterocycles. The number of benzene rings is 2. The Labute approximate surface area is 261 Å². The van der Waals surface area contributed by atoms with Crippen LogP contribution in [0.1, 0.15) is 26.2 Å². The number of para-hydroxylation sites is 2. The van der Waals surface area contributed by atoms with E-state index in [0.29, 0.717) is 19.4 Å². The first-order valence-electron chi connectivity index (χ1n) is 15.2. The molecule has 3 aliphatic heterocycles. The minimum atomic E-state index is -0.843. The van der Waals surface area contributed by atoms with Crippen LogP contribution in [-0.4, -0.2) is 89.4 Å². The first-order valence-corrected chi connectivity index (χ1v) is 16.0. The maximum atomic E-state index is 14.8. The average molecular weight is 615 g/mol. The highest BCUT2D eigenvalue weighted by Gasteiger charge is 2.74. The summed E-state index contributed by atoms with van der Waals surface area (Å²) in [6.45, 7) is 10.1. The van der Waals surface area contributed by atoms with Crippen LogP contribution in [0.2, 0.25) is 0 Å². The lowest BCUT2D eigenvalue weighted by Gasteiger charge is -2.39. The van der Waals surface area contributed by atoms with Gasteiger partial charge in [0.1, 0.15) is 18.2 Å². The number of anilines is 1. The van der Waals surface area contributed by atoms with Crippen molar-refractivity contribution < 1.29 is 19.5 Å². The Morgan fingerprint density at radius 3 is 2.55 bits per heavy atom. The Morgan fingerprint density at radius 1 is 1.11 bits per heavy atom. The molecule has 2 bridgehead atoms. The first kappa shape index (κ1) is 30.1. The minimum absolute atomic E-state index is 0.0914. The van der Waals surface area contributed by atoms with E-state index in [0.717, 1.165) is 23.1 Å². The fourth-order valence-electron chi connectivity index (χ4n) is 7.43. The van der Waals surface area contributed by atoms with E-state index in [-0.39, 0.29) is 42.8 Å². The number of aromatic nitrogens is 3. The summed E-state index contributed by atoms with van der Waals surface area (Å²) in [5, 5.41) is 18.9. The number of thioether (sulfide) groups is 1. The normalized spacial score (nSPS) is 26.0. The van der Waals surface area contributed by atoms with Gasteiger partial charge in [-0.1, -0.05) is 54.6 Å². The fraction of sp³-hybridized carbons (Fsp3) is 0.424. The van der Waals surface area contributed by atoms with Crippen LogP contribution in [0.5, 0.6) is 0 Å². The third kappa shape index (κ3) is 4.73. The average Bonchev–Trinajstić information content (AvgIpc) is 3.80. The van der Waals surface area contributed by atoms with Crippen LogP contribution in [0.4, 0.5) is 5.69 Å². The molecule has 0 aliphatic carbocycles. The predicted octanol–water partition coefficient (Wildman–Crippen LogP) is 3.48. The zero-order valence-corrected chi connectivity index (χ0v) is 25.7. The molecule has 1 spiro atoms. The quantitative estimate of drug-likeness (QED) is 0.311. The van der Waals surface area contributed by atoms with Gasteiger partial charge in [0.15, 0.2) is 0 Å². The number of hydrogen-bond acceptors (Lipinski definition) is 7. The summed E-state index contributed by atoms with van der Waals surface area (Å²) in [6.07, 6.45) is 5.19. The highest BCUT2D eigenvalue weighted by atomic mass is 32.2. The van der Waals surface area contributed by atoms with Crippen molar-refractivity contribution in [2.45, 2.75) is 54.9 Å². The Kier molecular flexibility index (Phi) is 8.34. The topological polar surface area (TPSA) is 112 Å². The summed E-state index contributed by atoms with van der Waals surface area (Å²) < 4.78 is 0.886. The van der Waals surface area contributed by atoms with Gasteiger partial charge in [0, 0.05) is 24.0 Å². The number of carbonyl (C=O) groups is 3. The van der Waals surface area contributed by atoms with Crippen molar-refractivity contribution in [1.82, 2.24) is 24.8 Å². The molecule has 1 N–H and O–H groups in total. The standard InChI is InChI=1S/C33H38N6O4S/c1-4-18-36(21-38-25-15-11-10-14-24(25)34-35-38)32(43)29-33-17-16-26(44-33)27(28(33)31(42)39(29)22(6-3)20-40)30(41)37(19-5-2)23-12-8-7-9-13-23/h4-5,7-15,22,26-29,40H,1-2,6,16-21H2,3H3/t22-,26+,27-,28-,29?,33?/m0/s1. The van der Waals surface area contributed by atoms with Gasteiger partial charge in [-0.05, 0) is 43.5 Å². The molecule has 3 aliphatic rings. The molecule has 4 heterocycles. The van der Waals surface area contributed by atoms with E-state index in [1.165, 1.54) is 0 Å². The molecular weight excluding hydrogens is 576 g/mol. The van der Waals surface area contributed by atoms with Crippen LogP contribution >= 0.6 is 11.8 Å². The molecule has 10 nitrogen and oxygen atoms in total. The smallest absolute Gasteiger partial charge is 0.248 e. The molecule has 6 atom stereocenters. The molecule has 0 saturated carbocycles. The van der Waals surface area contributed by atoms with Crippen LogP contribution in [0.15, 0.2) is 79.9 Å². The number of carbonyl (C=O) groups excluding carboxylic acids is 3. The maximum absolute atomic E-state index is 14.8. The van der Waals surface area contributed by atoms with Crippen molar-refractivity contribution in [3.63, 3.8) is 0 Å². The second-order valence-corrected chi connectivity index (χ2v) is 13.3. The van der Waals surface area contributed by atoms with Gasteiger partial charge < -0.3 is 19.8 Å². The van der Waals surface area contributed by atoms with E-state index >= 15 is 0 Å². The van der Waals surface area contributed by atoms with Crippen LogP contribution in [0.25, 0.3) is 11.0 Å². The fourth-order valence-corrected chi connectivity index (χ4v) is 9.62. The van der Waals surface area contributed by atoms with Gasteiger partial charge in [-0.25, -0.2) is 4.68 Å². The number of rotatable bonds is 12. The summed E-state index contributed by atoms with van der Waals surface area (Å²) in [6, 6.07) is 15.6. The first-order chi connectivity index (χ1) is 21.4. The number of fused-ring (bicyclic) bond motifs is 2. The summed E-state index contributed by atoms with van der Waals surface area (Å²) in [4.78, 5) is 48.7.